The zero-order valence-corrected chi connectivity index (χ0v) is 11.8. The molecule has 0 bridgehead atoms. The molecular formula is C15H16N4S. The van der Waals surface area contributed by atoms with Gasteiger partial charge in [0, 0.05) is 23.4 Å². The van der Waals surface area contributed by atoms with Gasteiger partial charge in [-0.1, -0.05) is 18.2 Å². The van der Waals surface area contributed by atoms with E-state index in [2.05, 4.69) is 57.2 Å². The number of H-pyrrole nitrogens is 1. The predicted molar refractivity (Wildman–Crippen MR) is 84.3 cm³/mol. The first-order valence-electron chi connectivity index (χ1n) is 6.90. The number of hydrogen-bond donors (Lipinski definition) is 3. The molecule has 3 aromatic rings. The number of aromatic amines is 1. The third-order valence-electron chi connectivity index (χ3n) is 3.68. The molecule has 1 atom stereocenters. The molecule has 1 aliphatic rings. The minimum Gasteiger partial charge on any atom is -0.365 e. The van der Waals surface area contributed by atoms with Crippen molar-refractivity contribution < 1.29 is 0 Å². The number of anilines is 1. The molecule has 1 saturated heterocycles. The molecule has 102 valence electrons. The van der Waals surface area contributed by atoms with Crippen molar-refractivity contribution in [3.8, 4) is 10.6 Å². The zero-order chi connectivity index (χ0) is 13.4. The van der Waals surface area contributed by atoms with Gasteiger partial charge < -0.3 is 10.6 Å². The maximum atomic E-state index is 4.37. The third kappa shape index (κ3) is 2.19. The molecule has 1 aliphatic heterocycles. The highest BCUT2D eigenvalue weighted by Crippen LogP contribution is 2.33. The van der Waals surface area contributed by atoms with Crippen molar-refractivity contribution in [1.29, 1.82) is 0 Å². The van der Waals surface area contributed by atoms with E-state index < -0.39 is 0 Å². The fourth-order valence-corrected chi connectivity index (χ4v) is 3.65. The van der Waals surface area contributed by atoms with Gasteiger partial charge in [0.05, 0.1) is 10.6 Å². The molecule has 1 fully saturated rings. The smallest absolute Gasteiger partial charge is 0.148 e. The van der Waals surface area contributed by atoms with E-state index in [4.69, 9.17) is 0 Å². The van der Waals surface area contributed by atoms with Crippen LogP contribution in [0.1, 0.15) is 6.42 Å². The maximum Gasteiger partial charge on any atom is 0.148 e. The van der Waals surface area contributed by atoms with Crippen LogP contribution in [0.5, 0.6) is 0 Å². The molecule has 2 aromatic heterocycles. The highest BCUT2D eigenvalue weighted by molar-refractivity contribution is 7.22. The molecule has 0 radical (unpaired) electrons. The lowest BCUT2D eigenvalue weighted by Gasteiger charge is -2.08. The summed E-state index contributed by atoms with van der Waals surface area (Å²) in [5, 5.41) is 15.6. The minimum absolute atomic E-state index is 0.494. The summed E-state index contributed by atoms with van der Waals surface area (Å²) in [4.78, 5) is 1.23. The van der Waals surface area contributed by atoms with Crippen molar-refractivity contribution in [2.24, 2.45) is 0 Å². The molecule has 0 saturated carbocycles. The Morgan fingerprint density at radius 2 is 2.20 bits per heavy atom. The summed E-state index contributed by atoms with van der Waals surface area (Å²) >= 11 is 1.80. The fourth-order valence-electron chi connectivity index (χ4n) is 2.62. The predicted octanol–water partition coefficient (Wildman–Crippen LogP) is 3.07. The normalized spacial score (nSPS) is 18.7. The van der Waals surface area contributed by atoms with E-state index in [1.807, 2.05) is 0 Å². The van der Waals surface area contributed by atoms with E-state index in [1.54, 1.807) is 11.3 Å². The molecule has 1 aromatic carbocycles. The topological polar surface area (TPSA) is 52.7 Å². The number of fused-ring (bicyclic) bond motifs is 1. The van der Waals surface area contributed by atoms with Gasteiger partial charge in [0.2, 0.25) is 0 Å². The number of benzene rings is 1. The molecule has 0 amide bonds. The lowest BCUT2D eigenvalue weighted by Crippen LogP contribution is -2.22. The van der Waals surface area contributed by atoms with Crippen molar-refractivity contribution in [2.45, 2.75) is 12.5 Å². The van der Waals surface area contributed by atoms with Crippen LogP contribution in [0.3, 0.4) is 0 Å². The van der Waals surface area contributed by atoms with Crippen LogP contribution in [0, 0.1) is 0 Å². The van der Waals surface area contributed by atoms with Gasteiger partial charge in [-0.3, -0.25) is 5.10 Å². The maximum absolute atomic E-state index is 4.37. The summed E-state index contributed by atoms with van der Waals surface area (Å²) in [6.45, 7) is 2.11. The Balaban J connectivity index is 1.60. The lowest BCUT2D eigenvalue weighted by molar-refractivity contribution is 0.786. The first-order valence-corrected chi connectivity index (χ1v) is 7.72. The van der Waals surface area contributed by atoms with Gasteiger partial charge in [0.1, 0.15) is 5.82 Å². The van der Waals surface area contributed by atoms with E-state index in [0.29, 0.717) is 6.04 Å². The first kappa shape index (κ1) is 11.9. The van der Waals surface area contributed by atoms with Crippen LogP contribution in [0.15, 0.2) is 36.4 Å². The van der Waals surface area contributed by atoms with Gasteiger partial charge in [-0.05, 0) is 30.5 Å². The monoisotopic (exact) mass is 284 g/mol. The molecule has 3 heterocycles. The first-order chi connectivity index (χ1) is 9.88. The van der Waals surface area contributed by atoms with Gasteiger partial charge in [0.25, 0.3) is 0 Å². The SMILES string of the molecule is c1ccc2sc(-c3cc(NC4CCNC4)n[nH]3)cc2c1. The van der Waals surface area contributed by atoms with E-state index in [-0.39, 0.29) is 0 Å². The summed E-state index contributed by atoms with van der Waals surface area (Å²) in [7, 11) is 0. The van der Waals surface area contributed by atoms with Crippen molar-refractivity contribution in [3.63, 3.8) is 0 Å². The molecular weight excluding hydrogens is 268 g/mol. The average Bonchev–Trinajstić information content (AvgIpc) is 3.18. The summed E-state index contributed by atoms with van der Waals surface area (Å²) in [5.74, 6) is 0.936. The Morgan fingerprint density at radius 3 is 3.05 bits per heavy atom. The second-order valence-corrected chi connectivity index (χ2v) is 6.23. The molecule has 1 unspecified atom stereocenters. The van der Waals surface area contributed by atoms with Gasteiger partial charge >= 0.3 is 0 Å². The second-order valence-electron chi connectivity index (χ2n) is 5.15. The number of nitrogens with one attached hydrogen (secondary N) is 3. The van der Waals surface area contributed by atoms with Crippen LogP contribution >= 0.6 is 11.3 Å². The van der Waals surface area contributed by atoms with Crippen LogP contribution in [0.4, 0.5) is 5.82 Å². The summed E-state index contributed by atoms with van der Waals surface area (Å²) in [6.07, 6.45) is 1.16. The highest BCUT2D eigenvalue weighted by atomic mass is 32.1. The third-order valence-corrected chi connectivity index (χ3v) is 4.83. The van der Waals surface area contributed by atoms with Crippen molar-refractivity contribution in [2.75, 3.05) is 18.4 Å². The molecule has 4 nitrogen and oxygen atoms in total. The number of thiophene rings is 1. The highest BCUT2D eigenvalue weighted by Gasteiger charge is 2.15. The van der Waals surface area contributed by atoms with Gasteiger partial charge in [-0.15, -0.1) is 11.3 Å². The lowest BCUT2D eigenvalue weighted by atomic mass is 10.2. The molecule has 4 rings (SSSR count). The molecule has 3 N–H and O–H groups in total. The molecule has 0 spiro atoms. The van der Waals surface area contributed by atoms with Crippen LogP contribution in [0.2, 0.25) is 0 Å². The molecule has 5 heteroatoms. The zero-order valence-electron chi connectivity index (χ0n) is 11.0. The Hall–Kier alpha value is -1.85. The van der Waals surface area contributed by atoms with Crippen molar-refractivity contribution >= 4 is 27.2 Å². The van der Waals surface area contributed by atoms with Crippen LogP contribution in [0.25, 0.3) is 20.7 Å². The van der Waals surface area contributed by atoms with Gasteiger partial charge in [0.15, 0.2) is 0 Å². The van der Waals surface area contributed by atoms with Gasteiger partial charge in [-0.25, -0.2) is 0 Å². The fraction of sp³-hybridized carbons (Fsp3) is 0.267. The Kier molecular flexibility index (Phi) is 2.94. The molecule has 20 heavy (non-hydrogen) atoms. The van der Waals surface area contributed by atoms with E-state index in [0.717, 1.165) is 31.0 Å². The van der Waals surface area contributed by atoms with E-state index >= 15 is 0 Å². The number of nitrogens with zero attached hydrogens (tertiary/aromatic N) is 1. The Labute approximate surface area is 121 Å². The number of rotatable bonds is 3. The average molecular weight is 284 g/mol. The minimum atomic E-state index is 0.494. The Bertz CT molecular complexity index is 691. The van der Waals surface area contributed by atoms with Crippen molar-refractivity contribution in [1.82, 2.24) is 15.5 Å². The van der Waals surface area contributed by atoms with E-state index in [9.17, 15) is 0 Å². The standard InChI is InChI=1S/C15H16N4S/c1-2-4-13-10(3-1)7-14(20-13)12-8-15(19-18-12)17-11-5-6-16-9-11/h1-4,7-8,11,16H,5-6,9H2,(H2,17,18,19). The Morgan fingerprint density at radius 1 is 1.25 bits per heavy atom. The number of hydrogen-bond acceptors (Lipinski definition) is 4. The molecule has 0 aliphatic carbocycles. The summed E-state index contributed by atoms with van der Waals surface area (Å²) < 4.78 is 1.31. The second kappa shape index (κ2) is 4.92. The summed E-state index contributed by atoms with van der Waals surface area (Å²) in [5.41, 5.74) is 1.08. The quantitative estimate of drug-likeness (QED) is 0.693. The van der Waals surface area contributed by atoms with Crippen LogP contribution in [-0.4, -0.2) is 29.3 Å². The van der Waals surface area contributed by atoms with Crippen LogP contribution < -0.4 is 10.6 Å². The van der Waals surface area contributed by atoms with Crippen LogP contribution in [-0.2, 0) is 0 Å². The number of aromatic nitrogens is 2. The van der Waals surface area contributed by atoms with E-state index in [1.165, 1.54) is 15.0 Å². The largest absolute Gasteiger partial charge is 0.365 e. The van der Waals surface area contributed by atoms with Crippen molar-refractivity contribution in [3.05, 3.63) is 36.4 Å². The summed E-state index contributed by atoms with van der Waals surface area (Å²) in [6, 6.07) is 13.3. The van der Waals surface area contributed by atoms with Gasteiger partial charge in [-0.2, -0.15) is 5.10 Å².